The molecule has 0 saturated heterocycles. The average molecular weight is 279 g/mol. The van der Waals surface area contributed by atoms with Gasteiger partial charge in [-0.1, -0.05) is 13.0 Å². The number of hydrogen-bond acceptors (Lipinski definition) is 2. The second-order valence-corrected chi connectivity index (χ2v) is 4.16. The minimum atomic E-state index is -4.29. The molecule has 0 amide bonds. The highest BCUT2D eigenvalue weighted by molar-refractivity contribution is 5.29. The van der Waals surface area contributed by atoms with Crippen molar-refractivity contribution in [2.45, 2.75) is 32.5 Å². The van der Waals surface area contributed by atoms with Crippen LogP contribution in [0.2, 0.25) is 0 Å². The Morgan fingerprint density at radius 1 is 1.26 bits per heavy atom. The van der Waals surface area contributed by atoms with Gasteiger partial charge in [0.05, 0.1) is 13.0 Å². The van der Waals surface area contributed by atoms with Gasteiger partial charge >= 0.3 is 6.18 Å². The molecule has 0 heterocycles. The lowest BCUT2D eigenvalue weighted by atomic mass is 10.2. The fraction of sp³-hybridized carbons (Fsp3) is 0.538. The summed E-state index contributed by atoms with van der Waals surface area (Å²) in [6.45, 7) is 2.79. The van der Waals surface area contributed by atoms with Gasteiger partial charge in [0.1, 0.15) is 0 Å². The topological polar surface area (TPSA) is 21.3 Å². The maximum absolute atomic E-state index is 13.5. The van der Waals surface area contributed by atoms with Crippen molar-refractivity contribution in [1.82, 2.24) is 5.32 Å². The molecule has 1 rings (SSSR count). The van der Waals surface area contributed by atoms with E-state index < -0.39 is 25.0 Å². The molecule has 0 radical (unpaired) electrons. The van der Waals surface area contributed by atoms with E-state index in [1.807, 2.05) is 6.92 Å². The van der Waals surface area contributed by atoms with Gasteiger partial charge in [0, 0.05) is 6.54 Å². The number of rotatable bonds is 7. The minimum Gasteiger partial charge on any atom is -0.490 e. The van der Waals surface area contributed by atoms with Crippen molar-refractivity contribution in [3.63, 3.8) is 0 Å². The molecular weight excluding hydrogens is 262 g/mol. The third-order valence-corrected chi connectivity index (χ3v) is 2.40. The molecule has 0 bridgehead atoms. The summed E-state index contributed by atoms with van der Waals surface area (Å²) in [5, 5.41) is 3.10. The zero-order chi connectivity index (χ0) is 14.3. The van der Waals surface area contributed by atoms with E-state index in [0.29, 0.717) is 6.54 Å². The first kappa shape index (κ1) is 15.8. The van der Waals surface area contributed by atoms with E-state index in [2.05, 4.69) is 5.32 Å². The largest absolute Gasteiger partial charge is 0.490 e. The Morgan fingerprint density at radius 3 is 2.58 bits per heavy atom. The summed E-state index contributed by atoms with van der Waals surface area (Å²) in [5.41, 5.74) is 0.731. The molecule has 1 aromatic rings. The van der Waals surface area contributed by atoms with Crippen LogP contribution in [0.3, 0.4) is 0 Å². The number of hydrogen-bond donors (Lipinski definition) is 1. The molecule has 0 fully saturated rings. The summed E-state index contributed by atoms with van der Waals surface area (Å²) in [6, 6.07) is 4.26. The Kier molecular flexibility index (Phi) is 6.08. The standard InChI is InChI=1S/C13H17F4NO/c1-2-6-18-9-10-3-4-12(11(14)8-10)19-7-5-13(15,16)17/h3-4,8,18H,2,5-7,9H2,1H3. The monoisotopic (exact) mass is 279 g/mol. The van der Waals surface area contributed by atoms with Gasteiger partial charge < -0.3 is 10.1 Å². The van der Waals surface area contributed by atoms with Crippen molar-refractivity contribution >= 4 is 0 Å². The van der Waals surface area contributed by atoms with Crippen LogP contribution in [-0.4, -0.2) is 19.3 Å². The summed E-state index contributed by atoms with van der Waals surface area (Å²) in [4.78, 5) is 0. The molecule has 6 heteroatoms. The first-order valence-corrected chi connectivity index (χ1v) is 6.11. The molecule has 0 aliphatic rings. The van der Waals surface area contributed by atoms with Crippen LogP contribution >= 0.6 is 0 Å². The molecule has 0 spiro atoms. The fourth-order valence-electron chi connectivity index (χ4n) is 1.46. The molecule has 0 unspecified atom stereocenters. The molecule has 1 aromatic carbocycles. The van der Waals surface area contributed by atoms with Gasteiger partial charge in [0.2, 0.25) is 0 Å². The smallest absolute Gasteiger partial charge is 0.392 e. The molecule has 2 nitrogen and oxygen atoms in total. The summed E-state index contributed by atoms with van der Waals surface area (Å²) < 4.78 is 54.1. The van der Waals surface area contributed by atoms with Crippen LogP contribution in [0.25, 0.3) is 0 Å². The van der Waals surface area contributed by atoms with E-state index in [0.717, 1.165) is 18.5 Å². The van der Waals surface area contributed by atoms with Gasteiger partial charge in [0.25, 0.3) is 0 Å². The first-order chi connectivity index (χ1) is 8.92. The average Bonchev–Trinajstić information content (AvgIpc) is 2.31. The molecule has 0 saturated carbocycles. The Labute approximate surface area is 109 Å². The van der Waals surface area contributed by atoms with E-state index in [4.69, 9.17) is 4.74 Å². The normalized spacial score (nSPS) is 11.6. The molecular formula is C13H17F4NO. The van der Waals surface area contributed by atoms with Crippen molar-refractivity contribution in [2.75, 3.05) is 13.2 Å². The van der Waals surface area contributed by atoms with Gasteiger partial charge in [0.15, 0.2) is 11.6 Å². The molecule has 0 aromatic heterocycles. The Balaban J connectivity index is 2.48. The van der Waals surface area contributed by atoms with Gasteiger partial charge in [-0.15, -0.1) is 0 Å². The van der Waals surface area contributed by atoms with Crippen LogP contribution in [0, 0.1) is 5.82 Å². The second-order valence-electron chi connectivity index (χ2n) is 4.16. The molecule has 19 heavy (non-hydrogen) atoms. The number of ether oxygens (including phenoxy) is 1. The molecule has 0 aliphatic carbocycles. The van der Waals surface area contributed by atoms with Crippen molar-refractivity contribution in [2.24, 2.45) is 0 Å². The van der Waals surface area contributed by atoms with Gasteiger partial charge in [-0.25, -0.2) is 4.39 Å². The summed E-state index contributed by atoms with van der Waals surface area (Å²) in [5.74, 6) is -0.790. The van der Waals surface area contributed by atoms with Gasteiger partial charge in [-0.2, -0.15) is 13.2 Å². The maximum Gasteiger partial charge on any atom is 0.392 e. The van der Waals surface area contributed by atoms with Crippen LogP contribution in [0.5, 0.6) is 5.75 Å². The minimum absolute atomic E-state index is 0.150. The Hall–Kier alpha value is -1.30. The number of alkyl halides is 3. The van der Waals surface area contributed by atoms with Crippen molar-refractivity contribution < 1.29 is 22.3 Å². The van der Waals surface area contributed by atoms with Crippen molar-refractivity contribution in [1.29, 1.82) is 0 Å². The maximum atomic E-state index is 13.5. The van der Waals surface area contributed by atoms with Crippen molar-refractivity contribution in [3.8, 4) is 5.75 Å². The second kappa shape index (κ2) is 7.33. The fourth-order valence-corrected chi connectivity index (χ4v) is 1.46. The lowest BCUT2D eigenvalue weighted by molar-refractivity contribution is -0.139. The van der Waals surface area contributed by atoms with E-state index >= 15 is 0 Å². The zero-order valence-corrected chi connectivity index (χ0v) is 10.7. The number of benzene rings is 1. The van der Waals surface area contributed by atoms with E-state index in [-0.39, 0.29) is 5.75 Å². The van der Waals surface area contributed by atoms with Crippen LogP contribution in [0.15, 0.2) is 18.2 Å². The third-order valence-electron chi connectivity index (χ3n) is 2.40. The molecule has 1 N–H and O–H groups in total. The van der Waals surface area contributed by atoms with Crippen LogP contribution < -0.4 is 10.1 Å². The lowest BCUT2D eigenvalue weighted by Gasteiger charge is -2.10. The Morgan fingerprint density at radius 2 is 2.00 bits per heavy atom. The van der Waals surface area contributed by atoms with E-state index in [1.54, 1.807) is 6.07 Å². The molecule has 0 aliphatic heterocycles. The summed E-state index contributed by atoms with van der Waals surface area (Å²) in [6.07, 6.45) is -4.41. The lowest BCUT2D eigenvalue weighted by Crippen LogP contribution is -2.14. The van der Waals surface area contributed by atoms with E-state index in [1.165, 1.54) is 12.1 Å². The quantitative estimate of drug-likeness (QED) is 0.607. The number of halogens is 4. The van der Waals surface area contributed by atoms with E-state index in [9.17, 15) is 17.6 Å². The number of nitrogens with one attached hydrogen (secondary N) is 1. The summed E-state index contributed by atoms with van der Waals surface area (Å²) in [7, 11) is 0. The first-order valence-electron chi connectivity index (χ1n) is 6.11. The molecule has 108 valence electrons. The van der Waals surface area contributed by atoms with Crippen LogP contribution in [-0.2, 0) is 6.54 Å². The van der Waals surface area contributed by atoms with Crippen LogP contribution in [0.1, 0.15) is 25.3 Å². The highest BCUT2D eigenvalue weighted by Gasteiger charge is 2.27. The SMILES string of the molecule is CCCNCc1ccc(OCCC(F)(F)F)c(F)c1. The Bertz CT molecular complexity index is 393. The highest BCUT2D eigenvalue weighted by Crippen LogP contribution is 2.22. The predicted molar refractivity (Wildman–Crippen MR) is 64.6 cm³/mol. The van der Waals surface area contributed by atoms with Crippen LogP contribution in [0.4, 0.5) is 17.6 Å². The molecule has 0 atom stereocenters. The third kappa shape index (κ3) is 6.42. The van der Waals surface area contributed by atoms with Gasteiger partial charge in [-0.05, 0) is 30.7 Å². The summed E-state index contributed by atoms with van der Waals surface area (Å²) >= 11 is 0. The predicted octanol–water partition coefficient (Wildman–Crippen LogP) is 3.66. The van der Waals surface area contributed by atoms with Gasteiger partial charge in [-0.3, -0.25) is 0 Å². The van der Waals surface area contributed by atoms with Crippen molar-refractivity contribution in [3.05, 3.63) is 29.6 Å². The highest BCUT2D eigenvalue weighted by atomic mass is 19.4. The zero-order valence-electron chi connectivity index (χ0n) is 10.7.